The number of furan rings is 2. The molecule has 0 atom stereocenters. The molecule has 3 aromatic heterocycles. The molecule has 0 N–H and O–H groups in total. The van der Waals surface area contributed by atoms with Gasteiger partial charge in [0.2, 0.25) is 0 Å². The summed E-state index contributed by atoms with van der Waals surface area (Å²) in [7, 11) is 0. The molecule has 0 unspecified atom stereocenters. The fourth-order valence-corrected chi connectivity index (χ4v) is 4.66. The SMILES string of the molecule is Cc1coc2cc3oc4ccnc(-c5cc(C(C)(C)C)c6ccccc6c5)c4c3cc12. The minimum absolute atomic E-state index is 0.0159. The van der Waals surface area contributed by atoms with Crippen LogP contribution in [0.25, 0.3) is 54.9 Å². The van der Waals surface area contributed by atoms with Crippen LogP contribution in [-0.2, 0) is 5.41 Å². The average molecular weight is 405 g/mol. The van der Waals surface area contributed by atoms with Crippen molar-refractivity contribution >= 4 is 43.7 Å². The Hall–Kier alpha value is -3.59. The summed E-state index contributed by atoms with van der Waals surface area (Å²) in [5.41, 5.74) is 7.03. The van der Waals surface area contributed by atoms with Crippen LogP contribution >= 0.6 is 0 Å². The van der Waals surface area contributed by atoms with Gasteiger partial charge in [-0.25, -0.2) is 0 Å². The zero-order valence-corrected chi connectivity index (χ0v) is 18.1. The van der Waals surface area contributed by atoms with E-state index in [-0.39, 0.29) is 5.41 Å². The summed E-state index contributed by atoms with van der Waals surface area (Å²) < 4.78 is 11.9. The Morgan fingerprint density at radius 1 is 0.806 bits per heavy atom. The lowest BCUT2D eigenvalue weighted by molar-refractivity contribution is 0.596. The predicted octanol–water partition coefficient (Wildman–Crippen LogP) is 8.15. The van der Waals surface area contributed by atoms with Crippen molar-refractivity contribution in [1.29, 1.82) is 0 Å². The van der Waals surface area contributed by atoms with Crippen molar-refractivity contribution in [3.8, 4) is 11.3 Å². The largest absolute Gasteiger partial charge is 0.464 e. The first kappa shape index (κ1) is 18.2. The van der Waals surface area contributed by atoms with E-state index in [1.807, 2.05) is 18.3 Å². The maximum Gasteiger partial charge on any atom is 0.139 e. The van der Waals surface area contributed by atoms with E-state index in [2.05, 4.69) is 70.2 Å². The van der Waals surface area contributed by atoms with Crippen molar-refractivity contribution in [3.63, 3.8) is 0 Å². The van der Waals surface area contributed by atoms with Crippen molar-refractivity contribution in [2.24, 2.45) is 0 Å². The van der Waals surface area contributed by atoms with Gasteiger partial charge in [-0.3, -0.25) is 4.98 Å². The Morgan fingerprint density at radius 3 is 2.48 bits per heavy atom. The zero-order valence-electron chi connectivity index (χ0n) is 18.1. The molecule has 6 aromatic rings. The molecule has 3 aromatic carbocycles. The normalized spacial score (nSPS) is 12.5. The minimum atomic E-state index is 0.0159. The third-order valence-electron chi connectivity index (χ3n) is 6.21. The molecule has 0 fully saturated rings. The van der Waals surface area contributed by atoms with Gasteiger partial charge >= 0.3 is 0 Å². The van der Waals surface area contributed by atoms with Crippen molar-refractivity contribution < 1.29 is 8.83 Å². The van der Waals surface area contributed by atoms with Crippen LogP contribution in [0.3, 0.4) is 0 Å². The summed E-state index contributed by atoms with van der Waals surface area (Å²) in [4.78, 5) is 4.84. The van der Waals surface area contributed by atoms with E-state index < -0.39 is 0 Å². The number of hydrogen-bond acceptors (Lipinski definition) is 3. The first-order valence-corrected chi connectivity index (χ1v) is 10.6. The zero-order chi connectivity index (χ0) is 21.3. The van der Waals surface area contributed by atoms with E-state index in [0.29, 0.717) is 0 Å². The molecule has 0 bridgehead atoms. The lowest BCUT2D eigenvalue weighted by Gasteiger charge is -2.22. The van der Waals surface area contributed by atoms with Gasteiger partial charge in [-0.15, -0.1) is 0 Å². The number of aromatic nitrogens is 1. The molecule has 3 nitrogen and oxygen atoms in total. The maximum atomic E-state index is 6.22. The molecule has 0 aliphatic heterocycles. The fourth-order valence-electron chi connectivity index (χ4n) is 4.66. The van der Waals surface area contributed by atoms with E-state index >= 15 is 0 Å². The van der Waals surface area contributed by atoms with Gasteiger partial charge in [0, 0.05) is 28.6 Å². The molecule has 152 valence electrons. The van der Waals surface area contributed by atoms with E-state index in [1.54, 1.807) is 6.26 Å². The second kappa shape index (κ2) is 6.21. The molecular formula is C28H23NO2. The number of fused-ring (bicyclic) bond motifs is 5. The second-order valence-electron chi connectivity index (χ2n) is 9.39. The van der Waals surface area contributed by atoms with Gasteiger partial charge in [-0.2, -0.15) is 0 Å². The van der Waals surface area contributed by atoms with Crippen molar-refractivity contribution in [2.45, 2.75) is 33.1 Å². The van der Waals surface area contributed by atoms with Gasteiger partial charge in [0.05, 0.1) is 17.3 Å². The number of hydrogen-bond donors (Lipinski definition) is 0. The van der Waals surface area contributed by atoms with E-state index in [1.165, 1.54) is 16.3 Å². The summed E-state index contributed by atoms with van der Waals surface area (Å²) in [6.07, 6.45) is 3.63. The Bertz CT molecular complexity index is 1630. The number of aryl methyl sites for hydroxylation is 1. The maximum absolute atomic E-state index is 6.22. The summed E-state index contributed by atoms with van der Waals surface area (Å²) in [6.45, 7) is 8.85. The number of nitrogens with zero attached hydrogens (tertiary/aromatic N) is 1. The summed E-state index contributed by atoms with van der Waals surface area (Å²) in [5, 5.41) is 5.75. The van der Waals surface area contributed by atoms with Crippen LogP contribution in [0.2, 0.25) is 0 Å². The summed E-state index contributed by atoms with van der Waals surface area (Å²) in [5.74, 6) is 0. The van der Waals surface area contributed by atoms with Gasteiger partial charge in [-0.05, 0) is 58.5 Å². The standard InChI is InChI=1S/C28H23NO2/c1-16-15-30-24-14-25-21(13-20(16)24)26-23(31-25)9-10-29-27(26)18-11-17-7-5-6-8-19(17)22(12-18)28(2,3)4/h5-15H,1-4H3. The molecule has 6 rings (SSSR count). The van der Waals surface area contributed by atoms with E-state index in [4.69, 9.17) is 13.8 Å². The molecule has 3 heterocycles. The van der Waals surface area contributed by atoms with Gasteiger partial charge in [-0.1, -0.05) is 45.0 Å². The monoisotopic (exact) mass is 405 g/mol. The highest BCUT2D eigenvalue weighted by molar-refractivity contribution is 6.15. The van der Waals surface area contributed by atoms with Crippen LogP contribution in [-0.4, -0.2) is 4.98 Å². The summed E-state index contributed by atoms with van der Waals surface area (Å²) >= 11 is 0. The highest BCUT2D eigenvalue weighted by atomic mass is 16.3. The quantitative estimate of drug-likeness (QED) is 0.277. The molecule has 0 amide bonds. The first-order valence-electron chi connectivity index (χ1n) is 10.6. The Labute approximate surface area is 180 Å². The fraction of sp³-hybridized carbons (Fsp3) is 0.179. The van der Waals surface area contributed by atoms with Crippen LogP contribution in [0.1, 0.15) is 31.9 Å². The average Bonchev–Trinajstić information content (AvgIpc) is 3.30. The van der Waals surface area contributed by atoms with Gasteiger partial charge in [0.1, 0.15) is 16.7 Å². The van der Waals surface area contributed by atoms with E-state index in [0.717, 1.165) is 49.7 Å². The van der Waals surface area contributed by atoms with Crippen LogP contribution in [0.4, 0.5) is 0 Å². The lowest BCUT2D eigenvalue weighted by atomic mass is 9.82. The molecule has 31 heavy (non-hydrogen) atoms. The third-order valence-corrected chi connectivity index (χ3v) is 6.21. The third kappa shape index (κ3) is 2.70. The lowest BCUT2D eigenvalue weighted by Crippen LogP contribution is -2.12. The van der Waals surface area contributed by atoms with Crippen LogP contribution < -0.4 is 0 Å². The first-order chi connectivity index (χ1) is 14.9. The Kier molecular flexibility index (Phi) is 3.64. The Morgan fingerprint density at radius 2 is 1.65 bits per heavy atom. The molecule has 0 aliphatic rings. The molecule has 0 saturated carbocycles. The molecule has 3 heteroatoms. The van der Waals surface area contributed by atoms with Crippen molar-refractivity contribution in [1.82, 2.24) is 4.98 Å². The molecule has 0 spiro atoms. The number of pyridine rings is 1. The van der Waals surface area contributed by atoms with Crippen molar-refractivity contribution in [2.75, 3.05) is 0 Å². The van der Waals surface area contributed by atoms with Crippen LogP contribution in [0.15, 0.2) is 75.9 Å². The highest BCUT2D eigenvalue weighted by Crippen LogP contribution is 2.40. The predicted molar refractivity (Wildman–Crippen MR) is 128 cm³/mol. The van der Waals surface area contributed by atoms with Gasteiger partial charge < -0.3 is 8.83 Å². The van der Waals surface area contributed by atoms with Gasteiger partial charge in [0.15, 0.2) is 0 Å². The highest BCUT2D eigenvalue weighted by Gasteiger charge is 2.21. The molecule has 0 aliphatic carbocycles. The topological polar surface area (TPSA) is 39.2 Å². The second-order valence-corrected chi connectivity index (χ2v) is 9.39. The van der Waals surface area contributed by atoms with Gasteiger partial charge in [0.25, 0.3) is 0 Å². The van der Waals surface area contributed by atoms with Crippen LogP contribution in [0, 0.1) is 6.92 Å². The minimum Gasteiger partial charge on any atom is -0.464 e. The molecular weight excluding hydrogens is 382 g/mol. The van der Waals surface area contributed by atoms with Crippen LogP contribution in [0.5, 0.6) is 0 Å². The van der Waals surface area contributed by atoms with Crippen molar-refractivity contribution in [3.05, 3.63) is 78.2 Å². The molecule has 0 radical (unpaired) electrons. The van der Waals surface area contributed by atoms with E-state index in [9.17, 15) is 0 Å². The smallest absolute Gasteiger partial charge is 0.139 e. The summed E-state index contributed by atoms with van der Waals surface area (Å²) in [6, 6.07) is 19.2. The number of benzene rings is 3. The number of rotatable bonds is 1. The molecule has 0 saturated heterocycles. The Balaban J connectivity index is 1.72.